The molecule has 17 heavy (non-hydrogen) atoms. The summed E-state index contributed by atoms with van der Waals surface area (Å²) >= 11 is 0. The third-order valence-corrected chi connectivity index (χ3v) is 1.70. The molecule has 1 N–H and O–H groups in total. The molecule has 1 amide bonds. The molecule has 7 heteroatoms. The molecule has 4 nitrogen and oxygen atoms in total. The normalized spacial score (nSPS) is 10.8. The van der Waals surface area contributed by atoms with Crippen LogP contribution >= 0.6 is 0 Å². The van der Waals surface area contributed by atoms with Gasteiger partial charge in [-0.3, -0.25) is 4.79 Å². The van der Waals surface area contributed by atoms with E-state index in [0.717, 1.165) is 0 Å². The number of nitrogens with one attached hydrogen (secondary N) is 1. The molecule has 0 aliphatic rings. The predicted octanol–water partition coefficient (Wildman–Crippen LogP) is 1.37. The van der Waals surface area contributed by atoms with Gasteiger partial charge in [-0.05, 0) is 5.56 Å². The number of rotatable bonds is 2. The van der Waals surface area contributed by atoms with E-state index in [2.05, 4.69) is 4.84 Å². The molecular weight excluding hydrogens is 239 g/mol. The number of benzene rings is 1. The Hall–Kier alpha value is -2.05. The van der Waals surface area contributed by atoms with Gasteiger partial charge in [-0.25, -0.2) is 4.79 Å². The molecule has 0 aromatic heterocycles. The molecule has 0 saturated heterocycles. The van der Waals surface area contributed by atoms with Gasteiger partial charge < -0.3 is 4.84 Å². The third-order valence-electron chi connectivity index (χ3n) is 1.70. The minimum atomic E-state index is -5.12. The van der Waals surface area contributed by atoms with Crippen molar-refractivity contribution in [1.82, 2.24) is 5.48 Å². The van der Waals surface area contributed by atoms with Gasteiger partial charge in [0, 0.05) is 0 Å². The van der Waals surface area contributed by atoms with Gasteiger partial charge in [0.05, 0.1) is 6.42 Å². The first-order valence-electron chi connectivity index (χ1n) is 4.50. The zero-order chi connectivity index (χ0) is 12.9. The van der Waals surface area contributed by atoms with Crippen molar-refractivity contribution in [1.29, 1.82) is 0 Å². The number of carbonyl (C=O) groups is 2. The van der Waals surface area contributed by atoms with E-state index in [0.29, 0.717) is 5.56 Å². The lowest BCUT2D eigenvalue weighted by Gasteiger charge is -2.07. The number of hydroxylamine groups is 1. The summed E-state index contributed by atoms with van der Waals surface area (Å²) in [6, 6.07) is 8.30. The van der Waals surface area contributed by atoms with Crippen molar-refractivity contribution >= 4 is 11.9 Å². The van der Waals surface area contributed by atoms with E-state index in [1.165, 1.54) is 5.48 Å². The van der Waals surface area contributed by atoms with Crippen LogP contribution in [0, 0.1) is 0 Å². The van der Waals surface area contributed by atoms with E-state index in [4.69, 9.17) is 0 Å². The predicted molar refractivity (Wildman–Crippen MR) is 50.4 cm³/mol. The lowest BCUT2D eigenvalue weighted by atomic mass is 10.1. The number of halogens is 3. The number of hydrogen-bond acceptors (Lipinski definition) is 3. The van der Waals surface area contributed by atoms with Crippen molar-refractivity contribution in [3.05, 3.63) is 35.9 Å². The van der Waals surface area contributed by atoms with Crippen molar-refractivity contribution in [2.45, 2.75) is 12.6 Å². The second-order valence-electron chi connectivity index (χ2n) is 3.07. The summed E-state index contributed by atoms with van der Waals surface area (Å²) in [5, 5.41) is 0. The average Bonchev–Trinajstić information content (AvgIpc) is 2.26. The first-order chi connectivity index (χ1) is 7.89. The fourth-order valence-electron chi connectivity index (χ4n) is 0.978. The molecule has 0 aliphatic heterocycles. The maximum Gasteiger partial charge on any atom is 0.493 e. The molecule has 0 spiro atoms. The van der Waals surface area contributed by atoms with Crippen LogP contribution in [0.4, 0.5) is 13.2 Å². The SMILES string of the molecule is O=C(Cc1ccccc1)NOC(=O)C(F)(F)F. The van der Waals surface area contributed by atoms with Gasteiger partial charge in [-0.1, -0.05) is 30.3 Å². The van der Waals surface area contributed by atoms with Gasteiger partial charge in [0.25, 0.3) is 5.91 Å². The third kappa shape index (κ3) is 4.54. The molecule has 0 saturated carbocycles. The number of amides is 1. The van der Waals surface area contributed by atoms with Crippen LogP contribution in [0.25, 0.3) is 0 Å². The number of carbonyl (C=O) groups excluding carboxylic acids is 2. The Balaban J connectivity index is 2.39. The van der Waals surface area contributed by atoms with Crippen molar-refractivity contribution in [3.8, 4) is 0 Å². The molecule has 0 fully saturated rings. The summed E-state index contributed by atoms with van der Waals surface area (Å²) in [5.74, 6) is -3.30. The van der Waals surface area contributed by atoms with Crippen LogP contribution in [-0.2, 0) is 20.8 Å². The van der Waals surface area contributed by atoms with E-state index in [1.807, 2.05) is 0 Å². The van der Waals surface area contributed by atoms with E-state index in [9.17, 15) is 22.8 Å². The quantitative estimate of drug-likeness (QED) is 0.803. The highest BCUT2D eigenvalue weighted by molar-refractivity contribution is 5.81. The van der Waals surface area contributed by atoms with Gasteiger partial charge in [-0.2, -0.15) is 18.7 Å². The second-order valence-corrected chi connectivity index (χ2v) is 3.07. The summed E-state index contributed by atoms with van der Waals surface area (Å²) in [6.45, 7) is 0. The van der Waals surface area contributed by atoms with Crippen LogP contribution in [0.2, 0.25) is 0 Å². The summed E-state index contributed by atoms with van der Waals surface area (Å²) in [5.41, 5.74) is 2.02. The zero-order valence-electron chi connectivity index (χ0n) is 8.45. The van der Waals surface area contributed by atoms with Crippen molar-refractivity contribution in [2.75, 3.05) is 0 Å². The van der Waals surface area contributed by atoms with Crippen LogP contribution in [0.3, 0.4) is 0 Å². The minimum Gasteiger partial charge on any atom is -0.332 e. The fourth-order valence-corrected chi connectivity index (χ4v) is 0.978. The van der Waals surface area contributed by atoms with Gasteiger partial charge in [0.15, 0.2) is 0 Å². The smallest absolute Gasteiger partial charge is 0.332 e. The summed E-state index contributed by atoms with van der Waals surface area (Å²) in [6.07, 6.45) is -5.30. The molecular formula is C10H8F3NO3. The Kier molecular flexibility index (Phi) is 4.08. The van der Waals surface area contributed by atoms with Gasteiger partial charge >= 0.3 is 12.1 Å². The molecule has 0 unspecified atom stereocenters. The Morgan fingerprint density at radius 3 is 2.29 bits per heavy atom. The Morgan fingerprint density at radius 2 is 1.76 bits per heavy atom. The Morgan fingerprint density at radius 1 is 1.18 bits per heavy atom. The molecule has 1 aromatic carbocycles. The Bertz CT molecular complexity index is 403. The largest absolute Gasteiger partial charge is 0.493 e. The first kappa shape index (κ1) is 13.0. The van der Waals surface area contributed by atoms with Crippen molar-refractivity contribution in [2.24, 2.45) is 0 Å². The average molecular weight is 247 g/mol. The summed E-state index contributed by atoms with van der Waals surface area (Å²) < 4.78 is 35.1. The standard InChI is InChI=1S/C10H8F3NO3/c11-10(12,13)9(16)17-14-8(15)6-7-4-2-1-3-5-7/h1-5H,6H2,(H,14,15). The van der Waals surface area contributed by atoms with Crippen LogP contribution in [0.15, 0.2) is 30.3 Å². The first-order valence-corrected chi connectivity index (χ1v) is 4.50. The van der Waals surface area contributed by atoms with Crippen LogP contribution in [0.5, 0.6) is 0 Å². The van der Waals surface area contributed by atoms with Gasteiger partial charge in [-0.15, -0.1) is 0 Å². The molecule has 92 valence electrons. The van der Waals surface area contributed by atoms with Crippen molar-refractivity contribution < 1.29 is 27.6 Å². The lowest BCUT2D eigenvalue weighted by molar-refractivity contribution is -0.207. The van der Waals surface area contributed by atoms with Crippen LogP contribution in [-0.4, -0.2) is 18.1 Å². The topological polar surface area (TPSA) is 55.4 Å². The lowest BCUT2D eigenvalue weighted by Crippen LogP contribution is -2.35. The Labute approximate surface area is 94.3 Å². The monoisotopic (exact) mass is 247 g/mol. The highest BCUT2D eigenvalue weighted by atomic mass is 19.4. The fraction of sp³-hybridized carbons (Fsp3) is 0.200. The zero-order valence-corrected chi connectivity index (χ0v) is 8.45. The second kappa shape index (κ2) is 5.33. The molecule has 0 heterocycles. The van der Waals surface area contributed by atoms with E-state index in [1.54, 1.807) is 30.3 Å². The van der Waals surface area contributed by atoms with E-state index in [-0.39, 0.29) is 6.42 Å². The summed E-state index contributed by atoms with van der Waals surface area (Å²) in [7, 11) is 0. The van der Waals surface area contributed by atoms with E-state index < -0.39 is 18.1 Å². The maximum absolute atomic E-state index is 11.7. The van der Waals surface area contributed by atoms with Crippen LogP contribution in [0.1, 0.15) is 5.56 Å². The molecule has 0 atom stereocenters. The molecule has 0 aliphatic carbocycles. The molecule has 1 rings (SSSR count). The maximum atomic E-state index is 11.7. The number of alkyl halides is 3. The van der Waals surface area contributed by atoms with E-state index >= 15 is 0 Å². The van der Waals surface area contributed by atoms with Gasteiger partial charge in [0.1, 0.15) is 0 Å². The van der Waals surface area contributed by atoms with Crippen LogP contribution < -0.4 is 5.48 Å². The number of hydrogen-bond donors (Lipinski definition) is 1. The van der Waals surface area contributed by atoms with Crippen molar-refractivity contribution in [3.63, 3.8) is 0 Å². The highest BCUT2D eigenvalue weighted by Crippen LogP contribution is 2.15. The molecule has 0 radical (unpaired) electrons. The molecule has 0 bridgehead atoms. The minimum absolute atomic E-state index is 0.175. The highest BCUT2D eigenvalue weighted by Gasteiger charge is 2.41. The van der Waals surface area contributed by atoms with Gasteiger partial charge in [0.2, 0.25) is 0 Å². The molecule has 1 aromatic rings. The summed E-state index contributed by atoms with van der Waals surface area (Å²) in [4.78, 5) is 24.9.